The van der Waals surface area contributed by atoms with E-state index in [0.717, 1.165) is 50.3 Å². The summed E-state index contributed by atoms with van der Waals surface area (Å²) in [6.07, 6.45) is 4.24. The molecule has 0 aliphatic carbocycles. The van der Waals surface area contributed by atoms with E-state index in [1.807, 2.05) is 29.0 Å². The normalized spacial score (nSPS) is 18.7. The predicted molar refractivity (Wildman–Crippen MR) is 98.9 cm³/mol. The van der Waals surface area contributed by atoms with Gasteiger partial charge in [-0.2, -0.15) is 5.10 Å². The highest BCUT2D eigenvalue weighted by Crippen LogP contribution is 2.20. The summed E-state index contributed by atoms with van der Waals surface area (Å²) in [4.78, 5) is 26.7. The number of anilines is 1. The molecule has 2 heterocycles. The molecule has 6 nitrogen and oxygen atoms in total. The number of carbonyl (C=O) groups excluding carboxylic acids is 2. The first kappa shape index (κ1) is 17.5. The maximum Gasteiger partial charge on any atom is 0.251 e. The lowest BCUT2D eigenvalue weighted by molar-refractivity contribution is -0.133. The molecule has 134 valence electrons. The lowest BCUT2D eigenvalue weighted by Crippen LogP contribution is -2.48. The van der Waals surface area contributed by atoms with E-state index in [2.05, 4.69) is 10.4 Å². The number of nitrogens with one attached hydrogen (secondary N) is 1. The van der Waals surface area contributed by atoms with Gasteiger partial charge in [0.05, 0.1) is 5.69 Å². The van der Waals surface area contributed by atoms with E-state index in [-0.39, 0.29) is 11.8 Å². The van der Waals surface area contributed by atoms with Crippen LogP contribution in [0.2, 0.25) is 0 Å². The summed E-state index contributed by atoms with van der Waals surface area (Å²) in [5, 5.41) is 9.22. The first-order valence-electron chi connectivity index (χ1n) is 9.06. The number of hydrazone groups is 1. The van der Waals surface area contributed by atoms with Crippen LogP contribution in [0.3, 0.4) is 0 Å². The van der Waals surface area contributed by atoms with Gasteiger partial charge in [-0.1, -0.05) is 0 Å². The third kappa shape index (κ3) is 4.18. The highest BCUT2D eigenvalue weighted by molar-refractivity contribution is 5.97. The fourth-order valence-corrected chi connectivity index (χ4v) is 3.28. The van der Waals surface area contributed by atoms with Crippen LogP contribution in [0, 0.1) is 0 Å². The molecule has 2 aliphatic heterocycles. The maximum atomic E-state index is 12.4. The molecule has 1 aromatic carbocycles. The Morgan fingerprint density at radius 2 is 1.76 bits per heavy atom. The quantitative estimate of drug-likeness (QED) is 0.914. The zero-order valence-electron chi connectivity index (χ0n) is 15.0. The van der Waals surface area contributed by atoms with Crippen molar-refractivity contribution in [3.8, 4) is 0 Å². The first-order valence-corrected chi connectivity index (χ1v) is 9.06. The highest BCUT2D eigenvalue weighted by atomic mass is 16.2. The summed E-state index contributed by atoms with van der Waals surface area (Å²) in [6, 6.07) is 6.86. The van der Waals surface area contributed by atoms with Gasteiger partial charge in [0.15, 0.2) is 0 Å². The summed E-state index contributed by atoms with van der Waals surface area (Å²) in [7, 11) is 0. The van der Waals surface area contributed by atoms with Crippen molar-refractivity contribution in [3.63, 3.8) is 0 Å². The topological polar surface area (TPSA) is 65.0 Å². The largest absolute Gasteiger partial charge is 0.341 e. The molecule has 0 radical (unpaired) electrons. The maximum absolute atomic E-state index is 12.4. The van der Waals surface area contributed by atoms with Gasteiger partial charge in [-0.05, 0) is 57.4 Å². The molecule has 2 amide bonds. The van der Waals surface area contributed by atoms with E-state index in [4.69, 9.17) is 0 Å². The number of carbonyl (C=O) groups is 2. The van der Waals surface area contributed by atoms with Crippen LogP contribution in [0.15, 0.2) is 29.4 Å². The van der Waals surface area contributed by atoms with Crippen molar-refractivity contribution in [2.75, 3.05) is 24.6 Å². The molecule has 1 atom stereocenters. The molecule has 1 unspecified atom stereocenters. The van der Waals surface area contributed by atoms with Crippen LogP contribution >= 0.6 is 0 Å². The van der Waals surface area contributed by atoms with Gasteiger partial charge in [-0.3, -0.25) is 14.6 Å². The Morgan fingerprint density at radius 3 is 2.36 bits per heavy atom. The summed E-state index contributed by atoms with van der Waals surface area (Å²) in [5.74, 6) is -0.211. The van der Waals surface area contributed by atoms with Crippen molar-refractivity contribution in [1.29, 1.82) is 0 Å². The Hall–Kier alpha value is -2.37. The van der Waals surface area contributed by atoms with Crippen LogP contribution < -0.4 is 10.3 Å². The van der Waals surface area contributed by atoms with Crippen molar-refractivity contribution in [3.05, 3.63) is 29.8 Å². The molecular weight excluding hydrogens is 316 g/mol. The van der Waals surface area contributed by atoms with Crippen LogP contribution in [-0.2, 0) is 4.79 Å². The van der Waals surface area contributed by atoms with Gasteiger partial charge >= 0.3 is 0 Å². The number of likely N-dealkylation sites (tertiary alicyclic amines) is 1. The van der Waals surface area contributed by atoms with Crippen LogP contribution in [0.25, 0.3) is 0 Å². The third-order valence-electron chi connectivity index (χ3n) is 4.79. The van der Waals surface area contributed by atoms with Crippen molar-refractivity contribution in [2.24, 2.45) is 5.10 Å². The summed E-state index contributed by atoms with van der Waals surface area (Å²) in [6.45, 7) is 6.24. The zero-order chi connectivity index (χ0) is 17.8. The van der Waals surface area contributed by atoms with E-state index in [1.165, 1.54) is 6.42 Å². The number of hydrogen-bond donors (Lipinski definition) is 1. The van der Waals surface area contributed by atoms with Crippen molar-refractivity contribution in [1.82, 2.24) is 10.2 Å². The van der Waals surface area contributed by atoms with Gasteiger partial charge in [0, 0.05) is 37.3 Å². The molecule has 1 saturated heterocycles. The van der Waals surface area contributed by atoms with Gasteiger partial charge in [0.1, 0.15) is 6.04 Å². The fraction of sp³-hybridized carbons (Fsp3) is 0.526. The van der Waals surface area contributed by atoms with E-state index >= 15 is 0 Å². The molecule has 0 saturated carbocycles. The standard InChI is InChI=1S/C19H26N4O2/c1-14-10-13-23(21-14)17-8-6-16(7-9-17)18(24)20-15(2)19(25)22-11-4-3-5-12-22/h6-9,15H,3-5,10-13H2,1-2H3,(H,20,24). The Labute approximate surface area is 148 Å². The zero-order valence-corrected chi connectivity index (χ0v) is 15.0. The molecule has 0 spiro atoms. The van der Waals surface area contributed by atoms with Crippen LogP contribution in [0.5, 0.6) is 0 Å². The highest BCUT2D eigenvalue weighted by Gasteiger charge is 2.23. The van der Waals surface area contributed by atoms with Gasteiger partial charge in [-0.25, -0.2) is 0 Å². The number of amides is 2. The molecule has 1 fully saturated rings. The Kier molecular flexibility index (Phi) is 5.36. The predicted octanol–water partition coefficient (Wildman–Crippen LogP) is 2.40. The first-order chi connectivity index (χ1) is 12.0. The molecule has 0 bridgehead atoms. The molecule has 1 aromatic rings. The molecule has 3 rings (SSSR count). The smallest absolute Gasteiger partial charge is 0.251 e. The van der Waals surface area contributed by atoms with E-state index in [9.17, 15) is 9.59 Å². The lowest BCUT2D eigenvalue weighted by Gasteiger charge is -2.29. The molecular formula is C19H26N4O2. The number of nitrogens with zero attached hydrogens (tertiary/aromatic N) is 3. The third-order valence-corrected chi connectivity index (χ3v) is 4.79. The summed E-state index contributed by atoms with van der Waals surface area (Å²) in [5.41, 5.74) is 2.65. The average Bonchev–Trinajstić information content (AvgIpc) is 3.08. The minimum atomic E-state index is -0.504. The summed E-state index contributed by atoms with van der Waals surface area (Å²) < 4.78 is 0. The lowest BCUT2D eigenvalue weighted by atomic mass is 10.1. The molecule has 25 heavy (non-hydrogen) atoms. The van der Waals surface area contributed by atoms with Crippen LogP contribution in [-0.4, -0.2) is 48.1 Å². The number of benzene rings is 1. The fourth-order valence-electron chi connectivity index (χ4n) is 3.28. The Bertz CT molecular complexity index is 663. The van der Waals surface area contributed by atoms with Gasteiger partial charge in [0.25, 0.3) is 5.91 Å². The molecule has 0 aromatic heterocycles. The van der Waals surface area contributed by atoms with E-state index in [0.29, 0.717) is 5.56 Å². The second-order valence-electron chi connectivity index (χ2n) is 6.84. The number of rotatable bonds is 4. The minimum absolute atomic E-state index is 0.00606. The van der Waals surface area contributed by atoms with Crippen LogP contribution in [0.1, 0.15) is 49.9 Å². The van der Waals surface area contributed by atoms with E-state index in [1.54, 1.807) is 19.1 Å². The molecule has 6 heteroatoms. The van der Waals surface area contributed by atoms with E-state index < -0.39 is 6.04 Å². The minimum Gasteiger partial charge on any atom is -0.341 e. The SMILES string of the molecule is CC1=NN(c2ccc(C(=O)NC(C)C(=O)N3CCCCC3)cc2)CC1. The average molecular weight is 342 g/mol. The molecule has 2 aliphatic rings. The monoisotopic (exact) mass is 342 g/mol. The number of hydrogen-bond acceptors (Lipinski definition) is 4. The van der Waals surface area contributed by atoms with Gasteiger partial charge in [0.2, 0.25) is 5.91 Å². The second-order valence-corrected chi connectivity index (χ2v) is 6.84. The number of piperidine rings is 1. The van der Waals surface area contributed by atoms with Gasteiger partial charge in [-0.15, -0.1) is 0 Å². The Balaban J connectivity index is 1.58. The van der Waals surface area contributed by atoms with Crippen molar-refractivity contribution in [2.45, 2.75) is 45.6 Å². The molecule has 1 N–H and O–H groups in total. The van der Waals surface area contributed by atoms with Crippen LogP contribution in [0.4, 0.5) is 5.69 Å². The van der Waals surface area contributed by atoms with Crippen molar-refractivity contribution >= 4 is 23.2 Å². The summed E-state index contributed by atoms with van der Waals surface area (Å²) >= 11 is 0. The second kappa shape index (κ2) is 7.68. The van der Waals surface area contributed by atoms with Crippen molar-refractivity contribution < 1.29 is 9.59 Å². The van der Waals surface area contributed by atoms with Gasteiger partial charge < -0.3 is 10.2 Å². The Morgan fingerprint density at radius 1 is 1.08 bits per heavy atom.